The van der Waals surface area contributed by atoms with E-state index in [4.69, 9.17) is 18.9 Å². The van der Waals surface area contributed by atoms with Crippen molar-refractivity contribution in [2.75, 3.05) is 33.9 Å². The van der Waals surface area contributed by atoms with Gasteiger partial charge in [0.1, 0.15) is 5.60 Å². The molecule has 0 saturated carbocycles. The monoisotopic (exact) mass is 662 g/mol. The van der Waals surface area contributed by atoms with Gasteiger partial charge >= 0.3 is 12.1 Å². The molecule has 4 heterocycles. The number of hydrogen-bond donors (Lipinski definition) is 3. The zero-order chi connectivity index (χ0) is 34.5. The Morgan fingerprint density at radius 3 is 2.49 bits per heavy atom. The van der Waals surface area contributed by atoms with E-state index in [0.717, 1.165) is 25.0 Å². The molecule has 0 radical (unpaired) electrons. The Morgan fingerprint density at radius 1 is 1.09 bits per heavy atom. The predicted molar refractivity (Wildman–Crippen MR) is 178 cm³/mol. The molecule has 11 heteroatoms. The molecule has 9 unspecified atom stereocenters. The molecule has 11 atom stereocenters. The van der Waals surface area contributed by atoms with Gasteiger partial charge in [0.2, 0.25) is 0 Å². The van der Waals surface area contributed by atoms with Crippen LogP contribution < -0.4 is 0 Å². The molecule has 0 aromatic carbocycles. The number of carbonyl (C=O) groups is 2. The van der Waals surface area contributed by atoms with Crippen molar-refractivity contribution in [3.05, 3.63) is 36.0 Å². The number of epoxide rings is 1. The second kappa shape index (κ2) is 16.0. The van der Waals surface area contributed by atoms with Crippen molar-refractivity contribution in [2.45, 2.75) is 133 Å². The third kappa shape index (κ3) is 10.4. The van der Waals surface area contributed by atoms with Crippen LogP contribution >= 0.6 is 0 Å². The average Bonchev–Trinajstić information content (AvgIpc) is 3.46. The Bertz CT molecular complexity index is 1170. The summed E-state index contributed by atoms with van der Waals surface area (Å²) in [5.74, 6) is -0.635. The van der Waals surface area contributed by atoms with Crippen molar-refractivity contribution >= 4 is 12.1 Å². The minimum Gasteiger partial charge on any atom is -0.465 e. The van der Waals surface area contributed by atoms with Gasteiger partial charge in [-0.2, -0.15) is 0 Å². The van der Waals surface area contributed by atoms with Crippen molar-refractivity contribution in [3.8, 4) is 0 Å². The molecule has 3 saturated heterocycles. The number of cyclic esters (lactones) is 1. The van der Waals surface area contributed by atoms with E-state index in [0.29, 0.717) is 25.4 Å². The number of aliphatic hydroxyl groups excluding tert-OH is 2. The van der Waals surface area contributed by atoms with E-state index in [-0.39, 0.29) is 62.0 Å². The smallest absolute Gasteiger partial charge is 0.410 e. The molecule has 2 bridgehead atoms. The fraction of sp³-hybridized carbons (Fsp3) is 0.778. The van der Waals surface area contributed by atoms with E-state index in [1.54, 1.807) is 20.1 Å². The summed E-state index contributed by atoms with van der Waals surface area (Å²) in [6.45, 7) is 11.1. The molecule has 4 aliphatic rings. The summed E-state index contributed by atoms with van der Waals surface area (Å²) in [5, 5.41) is 32.4. The molecule has 11 nitrogen and oxygen atoms in total. The van der Waals surface area contributed by atoms with Crippen LogP contribution in [0.1, 0.15) is 79.6 Å². The second-order valence-corrected chi connectivity index (χ2v) is 14.9. The Balaban J connectivity index is 1.50. The number of hydrogen-bond acceptors (Lipinski definition) is 10. The van der Waals surface area contributed by atoms with Gasteiger partial charge in [0.15, 0.2) is 6.10 Å². The molecule has 0 aromatic rings. The van der Waals surface area contributed by atoms with Crippen LogP contribution in [0, 0.1) is 11.8 Å². The number of carbonyl (C=O) groups excluding carboxylic acids is 2. The SMILES string of the molecule is COC1(C)CCC(O)CC(=O)OCCC(O)C(C)C2OC2CC(C)(O)/C=C/C=C(\C)CC(C)/C=C/C1OC(=O)N1C[C@@H]2C[C@H]1CN2C. The largest absolute Gasteiger partial charge is 0.465 e. The van der Waals surface area contributed by atoms with Crippen LogP contribution in [0.5, 0.6) is 0 Å². The second-order valence-electron chi connectivity index (χ2n) is 14.9. The highest BCUT2D eigenvalue weighted by molar-refractivity contribution is 5.70. The molecule has 3 fully saturated rings. The number of piperazine rings is 1. The summed E-state index contributed by atoms with van der Waals surface area (Å²) in [6, 6.07) is 0.465. The lowest BCUT2D eigenvalue weighted by atomic mass is 9.89. The number of ether oxygens (including phenoxy) is 4. The van der Waals surface area contributed by atoms with Crippen LogP contribution in [-0.4, -0.2) is 125 Å². The molecule has 0 aliphatic carbocycles. The molecule has 4 aliphatic heterocycles. The molecule has 0 spiro atoms. The number of fused-ring (bicyclic) bond motifs is 3. The zero-order valence-corrected chi connectivity index (χ0v) is 29.3. The normalized spacial score (nSPS) is 44.0. The van der Waals surface area contributed by atoms with Gasteiger partial charge < -0.3 is 39.2 Å². The number of methoxy groups -OCH3 is 1. The van der Waals surface area contributed by atoms with E-state index in [1.165, 1.54) is 0 Å². The fourth-order valence-corrected chi connectivity index (χ4v) is 7.19. The third-order valence-corrected chi connectivity index (χ3v) is 10.6. The van der Waals surface area contributed by atoms with Crippen LogP contribution in [-0.2, 0) is 23.7 Å². The van der Waals surface area contributed by atoms with E-state index >= 15 is 0 Å². The minimum atomic E-state index is -1.08. The summed E-state index contributed by atoms with van der Waals surface area (Å²) >= 11 is 0. The van der Waals surface area contributed by atoms with Crippen LogP contribution in [0.4, 0.5) is 4.79 Å². The molecule has 4 rings (SSSR count). The maximum absolute atomic E-state index is 13.5. The standard InChI is InChI=1S/C36H58N2O9/c1-23-9-8-14-35(4,43)20-30-33(46-30)25(3)29(40)13-16-45-32(41)19-28(39)12-15-36(5,44-7)31(11-10-24(2)17-23)47-34(42)38-22-26-18-27(38)21-37(26)6/h8-11,14,24-31,33,39-40,43H,12-13,15-22H2,1-7H3/b11-10+,14-8+,23-9+/t24?,25?,26-,27-,28?,29?,30?,31?,33?,35?,36?/m0/s1. The maximum atomic E-state index is 13.5. The van der Waals surface area contributed by atoms with Gasteiger partial charge in [-0.1, -0.05) is 43.7 Å². The topological polar surface area (TPSA) is 142 Å². The van der Waals surface area contributed by atoms with Gasteiger partial charge in [0.05, 0.1) is 43.0 Å². The molecule has 1 amide bonds. The Hall–Kier alpha value is -2.28. The van der Waals surface area contributed by atoms with Gasteiger partial charge in [-0.3, -0.25) is 9.69 Å². The number of amides is 1. The fourth-order valence-electron chi connectivity index (χ4n) is 7.19. The first kappa shape index (κ1) is 37.5. The number of allylic oxidation sites excluding steroid dienone is 4. The van der Waals surface area contributed by atoms with E-state index in [9.17, 15) is 24.9 Å². The molecule has 266 valence electrons. The van der Waals surface area contributed by atoms with Crippen LogP contribution in [0.3, 0.4) is 0 Å². The number of esters is 1. The first-order valence-electron chi connectivity index (χ1n) is 17.3. The Morgan fingerprint density at radius 2 is 1.83 bits per heavy atom. The van der Waals surface area contributed by atoms with Gasteiger partial charge in [0, 0.05) is 51.0 Å². The summed E-state index contributed by atoms with van der Waals surface area (Å²) in [6.07, 6.45) is 9.06. The highest BCUT2D eigenvalue weighted by Crippen LogP contribution is 2.38. The molecule has 3 N–H and O–H groups in total. The number of rotatable bonds is 2. The lowest BCUT2D eigenvalue weighted by Crippen LogP contribution is -2.51. The van der Waals surface area contributed by atoms with E-state index < -0.39 is 35.5 Å². The highest BCUT2D eigenvalue weighted by Gasteiger charge is 2.48. The lowest BCUT2D eigenvalue weighted by Gasteiger charge is -2.37. The highest BCUT2D eigenvalue weighted by atomic mass is 16.6. The van der Waals surface area contributed by atoms with Crippen molar-refractivity contribution in [2.24, 2.45) is 11.8 Å². The quantitative estimate of drug-likeness (QED) is 0.227. The van der Waals surface area contributed by atoms with Crippen LogP contribution in [0.15, 0.2) is 36.0 Å². The Kier molecular flexibility index (Phi) is 12.7. The number of nitrogens with zero attached hydrogens (tertiary/aromatic N) is 2. The van der Waals surface area contributed by atoms with Gasteiger partial charge in [-0.15, -0.1) is 0 Å². The predicted octanol–water partition coefficient (Wildman–Crippen LogP) is 3.75. The van der Waals surface area contributed by atoms with Gasteiger partial charge in [0.25, 0.3) is 0 Å². The van der Waals surface area contributed by atoms with Crippen molar-refractivity contribution < 1.29 is 43.9 Å². The molecular formula is C36H58N2O9. The Labute approximate surface area is 280 Å². The molecule has 47 heavy (non-hydrogen) atoms. The maximum Gasteiger partial charge on any atom is 0.410 e. The molecule has 0 aromatic heterocycles. The van der Waals surface area contributed by atoms with E-state index in [2.05, 4.69) is 18.9 Å². The lowest BCUT2D eigenvalue weighted by molar-refractivity contribution is -0.147. The van der Waals surface area contributed by atoms with Gasteiger partial charge in [-0.25, -0.2) is 4.79 Å². The van der Waals surface area contributed by atoms with Crippen LogP contribution in [0.2, 0.25) is 0 Å². The zero-order valence-electron chi connectivity index (χ0n) is 29.3. The van der Waals surface area contributed by atoms with Crippen molar-refractivity contribution in [1.29, 1.82) is 0 Å². The number of likely N-dealkylation sites (tertiary alicyclic amines) is 2. The van der Waals surface area contributed by atoms with Gasteiger partial charge in [-0.05, 0) is 65.5 Å². The van der Waals surface area contributed by atoms with Crippen LogP contribution in [0.25, 0.3) is 0 Å². The minimum absolute atomic E-state index is 0.0194. The number of aliphatic hydroxyl groups is 3. The number of likely N-dealkylation sites (N-methyl/N-ethyl adjacent to an activating group) is 1. The third-order valence-electron chi connectivity index (χ3n) is 10.6. The average molecular weight is 663 g/mol. The molecular weight excluding hydrogens is 604 g/mol. The summed E-state index contributed by atoms with van der Waals surface area (Å²) in [4.78, 5) is 30.1. The first-order valence-corrected chi connectivity index (χ1v) is 17.3. The summed E-state index contributed by atoms with van der Waals surface area (Å²) < 4.78 is 23.3. The first-order chi connectivity index (χ1) is 22.1. The summed E-state index contributed by atoms with van der Waals surface area (Å²) in [5.41, 5.74) is -0.929. The summed E-state index contributed by atoms with van der Waals surface area (Å²) in [7, 11) is 3.65. The van der Waals surface area contributed by atoms with E-state index in [1.807, 2.05) is 50.0 Å². The van der Waals surface area contributed by atoms with Crippen molar-refractivity contribution in [1.82, 2.24) is 9.80 Å². The van der Waals surface area contributed by atoms with Crippen molar-refractivity contribution in [3.63, 3.8) is 0 Å².